The van der Waals surface area contributed by atoms with Crippen molar-refractivity contribution < 1.29 is 9.84 Å². The molecule has 0 bridgehead atoms. The fourth-order valence-electron chi connectivity index (χ4n) is 3.59. The summed E-state index contributed by atoms with van der Waals surface area (Å²) in [5.41, 5.74) is 0. The number of anilines is 1. The molecular formula is C15H25N3O2S. The molecule has 2 saturated heterocycles. The number of nitrogens with zero attached hydrogens (tertiary/aromatic N) is 3. The van der Waals surface area contributed by atoms with Gasteiger partial charge in [-0.05, 0) is 25.2 Å². The van der Waals surface area contributed by atoms with Crippen molar-refractivity contribution in [3.63, 3.8) is 0 Å². The SMILES string of the molecule is OCCC[C@@H]1CN(c2nccs2)CC[C@@H]1N1CCOCC1. The molecule has 3 rings (SSSR count). The van der Waals surface area contributed by atoms with E-state index in [0.29, 0.717) is 18.6 Å². The van der Waals surface area contributed by atoms with E-state index in [0.717, 1.165) is 57.4 Å². The number of aromatic nitrogens is 1. The molecule has 5 nitrogen and oxygen atoms in total. The summed E-state index contributed by atoms with van der Waals surface area (Å²) >= 11 is 1.72. The predicted octanol–water partition coefficient (Wildman–Crippen LogP) is 1.44. The van der Waals surface area contributed by atoms with Crippen molar-refractivity contribution in [2.24, 2.45) is 5.92 Å². The van der Waals surface area contributed by atoms with Gasteiger partial charge in [0.05, 0.1) is 13.2 Å². The highest BCUT2D eigenvalue weighted by atomic mass is 32.1. The Bertz CT molecular complexity index is 409. The molecule has 0 unspecified atom stereocenters. The summed E-state index contributed by atoms with van der Waals surface area (Å²) in [7, 11) is 0. The maximum atomic E-state index is 9.19. The molecule has 21 heavy (non-hydrogen) atoms. The second kappa shape index (κ2) is 7.54. The minimum absolute atomic E-state index is 0.295. The molecule has 2 aliphatic heterocycles. The van der Waals surface area contributed by atoms with Crippen LogP contribution in [0.1, 0.15) is 19.3 Å². The zero-order valence-corrected chi connectivity index (χ0v) is 13.3. The molecule has 1 aromatic rings. The van der Waals surface area contributed by atoms with E-state index in [9.17, 15) is 5.11 Å². The highest BCUT2D eigenvalue weighted by molar-refractivity contribution is 7.13. The summed E-state index contributed by atoms with van der Waals surface area (Å²) in [6.45, 7) is 6.28. The van der Waals surface area contributed by atoms with Gasteiger partial charge in [-0.2, -0.15) is 0 Å². The van der Waals surface area contributed by atoms with Crippen LogP contribution >= 0.6 is 11.3 Å². The van der Waals surface area contributed by atoms with Gasteiger partial charge in [-0.1, -0.05) is 0 Å². The quantitative estimate of drug-likeness (QED) is 0.892. The third kappa shape index (κ3) is 3.74. The summed E-state index contributed by atoms with van der Waals surface area (Å²) in [5, 5.41) is 12.4. The predicted molar refractivity (Wildman–Crippen MR) is 84.9 cm³/mol. The summed E-state index contributed by atoms with van der Waals surface area (Å²) < 4.78 is 5.49. The molecule has 0 aromatic carbocycles. The molecule has 1 aromatic heterocycles. The van der Waals surface area contributed by atoms with Gasteiger partial charge in [-0.15, -0.1) is 11.3 Å². The van der Waals surface area contributed by atoms with E-state index in [1.807, 2.05) is 11.6 Å². The van der Waals surface area contributed by atoms with E-state index < -0.39 is 0 Å². The molecule has 2 aliphatic rings. The number of ether oxygens (including phenoxy) is 1. The van der Waals surface area contributed by atoms with Crippen molar-refractivity contribution in [2.75, 3.05) is 50.9 Å². The third-order valence-corrected chi connectivity index (χ3v) is 5.46. The molecule has 6 heteroatoms. The van der Waals surface area contributed by atoms with Gasteiger partial charge in [0.2, 0.25) is 0 Å². The summed E-state index contributed by atoms with van der Waals surface area (Å²) in [6, 6.07) is 0.636. The largest absolute Gasteiger partial charge is 0.396 e. The molecule has 3 heterocycles. The van der Waals surface area contributed by atoms with Gasteiger partial charge >= 0.3 is 0 Å². The topological polar surface area (TPSA) is 48.8 Å². The molecular weight excluding hydrogens is 286 g/mol. The molecule has 118 valence electrons. The highest BCUT2D eigenvalue weighted by Gasteiger charge is 2.34. The van der Waals surface area contributed by atoms with Crippen LogP contribution in [0.4, 0.5) is 5.13 Å². The van der Waals surface area contributed by atoms with E-state index in [4.69, 9.17) is 4.74 Å². The van der Waals surface area contributed by atoms with Crippen molar-refractivity contribution in [3.05, 3.63) is 11.6 Å². The van der Waals surface area contributed by atoms with Crippen LogP contribution < -0.4 is 4.90 Å². The first-order chi connectivity index (χ1) is 10.4. The average molecular weight is 311 g/mol. The van der Waals surface area contributed by atoms with Gasteiger partial charge in [0.1, 0.15) is 0 Å². The van der Waals surface area contributed by atoms with Gasteiger partial charge in [0.15, 0.2) is 5.13 Å². The minimum atomic E-state index is 0.295. The molecule has 0 saturated carbocycles. The second-order valence-corrected chi connectivity index (χ2v) is 6.76. The number of morpholine rings is 1. The Kier molecular flexibility index (Phi) is 5.46. The van der Waals surface area contributed by atoms with Crippen LogP contribution in [0, 0.1) is 5.92 Å². The molecule has 0 spiro atoms. The van der Waals surface area contributed by atoms with Gasteiger partial charge < -0.3 is 14.7 Å². The first-order valence-corrected chi connectivity index (χ1v) is 8.83. The number of hydrogen-bond acceptors (Lipinski definition) is 6. The zero-order chi connectivity index (χ0) is 14.5. The Morgan fingerprint density at radius 3 is 2.90 bits per heavy atom. The van der Waals surface area contributed by atoms with Gasteiger partial charge in [-0.3, -0.25) is 4.90 Å². The number of rotatable bonds is 5. The van der Waals surface area contributed by atoms with Crippen molar-refractivity contribution in [1.29, 1.82) is 0 Å². The van der Waals surface area contributed by atoms with Crippen molar-refractivity contribution in [1.82, 2.24) is 9.88 Å². The lowest BCUT2D eigenvalue weighted by molar-refractivity contribution is -0.00411. The van der Waals surface area contributed by atoms with Crippen LogP contribution in [0.2, 0.25) is 0 Å². The van der Waals surface area contributed by atoms with E-state index in [-0.39, 0.29) is 0 Å². The van der Waals surface area contributed by atoms with Crippen LogP contribution in [0.3, 0.4) is 0 Å². The van der Waals surface area contributed by atoms with Crippen LogP contribution in [-0.4, -0.2) is 67.0 Å². The van der Waals surface area contributed by atoms with Crippen LogP contribution in [0.5, 0.6) is 0 Å². The molecule has 0 aliphatic carbocycles. The Labute approximate surface area is 130 Å². The van der Waals surface area contributed by atoms with E-state index in [1.165, 1.54) is 6.42 Å². The van der Waals surface area contributed by atoms with Gasteiger partial charge in [-0.25, -0.2) is 4.98 Å². The Hall–Kier alpha value is -0.690. The van der Waals surface area contributed by atoms with Crippen molar-refractivity contribution in [2.45, 2.75) is 25.3 Å². The van der Waals surface area contributed by atoms with E-state index in [1.54, 1.807) is 11.3 Å². The Morgan fingerprint density at radius 1 is 1.33 bits per heavy atom. The molecule has 2 atom stereocenters. The molecule has 0 radical (unpaired) electrons. The lowest BCUT2D eigenvalue weighted by Gasteiger charge is -2.45. The maximum Gasteiger partial charge on any atom is 0.185 e. The number of aliphatic hydroxyl groups excluding tert-OH is 1. The van der Waals surface area contributed by atoms with Crippen molar-refractivity contribution in [3.8, 4) is 0 Å². The van der Waals surface area contributed by atoms with Crippen LogP contribution in [0.15, 0.2) is 11.6 Å². The standard InChI is InChI=1S/C15H25N3O2S/c19-8-1-2-13-12-18(15-16-4-11-21-15)5-3-14(13)17-6-9-20-10-7-17/h4,11,13-14,19H,1-3,5-10,12H2/t13-,14+/m1/s1. The number of piperidine rings is 1. The first-order valence-electron chi connectivity index (χ1n) is 7.95. The number of thiazole rings is 1. The van der Waals surface area contributed by atoms with Gasteiger partial charge in [0.25, 0.3) is 0 Å². The van der Waals surface area contributed by atoms with Gasteiger partial charge in [0, 0.05) is 50.4 Å². The summed E-state index contributed by atoms with van der Waals surface area (Å²) in [5.74, 6) is 0.618. The van der Waals surface area contributed by atoms with Crippen LogP contribution in [0.25, 0.3) is 0 Å². The lowest BCUT2D eigenvalue weighted by Crippen LogP contribution is -2.54. The Balaban J connectivity index is 1.65. The lowest BCUT2D eigenvalue weighted by atomic mass is 9.87. The molecule has 2 fully saturated rings. The summed E-state index contributed by atoms with van der Waals surface area (Å²) in [4.78, 5) is 9.48. The normalized spacial score (nSPS) is 28.0. The second-order valence-electron chi connectivity index (χ2n) is 5.89. The third-order valence-electron chi connectivity index (χ3n) is 4.63. The summed E-state index contributed by atoms with van der Waals surface area (Å²) in [6.07, 6.45) is 5.07. The van der Waals surface area contributed by atoms with E-state index in [2.05, 4.69) is 14.8 Å². The molecule has 1 N–H and O–H groups in total. The fraction of sp³-hybridized carbons (Fsp3) is 0.800. The Morgan fingerprint density at radius 2 is 2.19 bits per heavy atom. The first kappa shape index (κ1) is 15.2. The minimum Gasteiger partial charge on any atom is -0.396 e. The number of hydrogen-bond donors (Lipinski definition) is 1. The zero-order valence-electron chi connectivity index (χ0n) is 12.5. The van der Waals surface area contributed by atoms with Crippen molar-refractivity contribution >= 4 is 16.5 Å². The monoisotopic (exact) mass is 311 g/mol. The fourth-order valence-corrected chi connectivity index (χ4v) is 4.27. The average Bonchev–Trinajstić information content (AvgIpc) is 3.08. The van der Waals surface area contributed by atoms with Crippen LogP contribution in [-0.2, 0) is 4.74 Å². The smallest absolute Gasteiger partial charge is 0.185 e. The number of aliphatic hydroxyl groups is 1. The highest BCUT2D eigenvalue weighted by Crippen LogP contribution is 2.30. The van der Waals surface area contributed by atoms with E-state index >= 15 is 0 Å². The molecule has 0 amide bonds. The maximum absolute atomic E-state index is 9.19.